The monoisotopic (exact) mass is 311 g/mol. The van der Waals surface area contributed by atoms with Gasteiger partial charge in [-0.2, -0.15) is 5.26 Å². The molecule has 126 valence electrons. The summed E-state index contributed by atoms with van der Waals surface area (Å²) in [5.41, 5.74) is 0. The molecule has 2 saturated carbocycles. The van der Waals surface area contributed by atoms with Crippen molar-refractivity contribution in [3.05, 3.63) is 36.5 Å². The van der Waals surface area contributed by atoms with E-state index in [1.807, 2.05) is 18.2 Å². The van der Waals surface area contributed by atoms with Gasteiger partial charge in [-0.25, -0.2) is 0 Å². The summed E-state index contributed by atoms with van der Waals surface area (Å²) in [6.07, 6.45) is 26.6. The normalized spacial score (nSPS) is 32.7. The predicted molar refractivity (Wildman–Crippen MR) is 98.8 cm³/mol. The molecule has 0 unspecified atom stereocenters. The maximum Gasteiger partial charge on any atom is 0.0912 e. The van der Waals surface area contributed by atoms with Crippen molar-refractivity contribution in [3.8, 4) is 6.07 Å². The first kappa shape index (κ1) is 18.1. The van der Waals surface area contributed by atoms with Crippen molar-refractivity contribution in [2.75, 3.05) is 0 Å². The fraction of sp³-hybridized carbons (Fsp3) is 0.682. The Labute approximate surface area is 143 Å². The van der Waals surface area contributed by atoms with Crippen LogP contribution in [0.3, 0.4) is 0 Å². The molecule has 0 N–H and O–H groups in total. The molecule has 0 atom stereocenters. The Morgan fingerprint density at radius 3 is 1.83 bits per heavy atom. The van der Waals surface area contributed by atoms with Crippen LogP contribution in [0.4, 0.5) is 0 Å². The van der Waals surface area contributed by atoms with Crippen molar-refractivity contribution in [2.45, 2.75) is 71.1 Å². The molecule has 0 saturated heterocycles. The quantitative estimate of drug-likeness (QED) is 0.308. The molecule has 23 heavy (non-hydrogen) atoms. The molecule has 0 bridgehead atoms. The zero-order chi connectivity index (χ0) is 16.3. The van der Waals surface area contributed by atoms with Gasteiger partial charge in [0.15, 0.2) is 0 Å². The lowest BCUT2D eigenvalue weighted by molar-refractivity contribution is 0.292. The molecule has 0 aliphatic heterocycles. The molecule has 0 spiro atoms. The third kappa shape index (κ3) is 6.78. The largest absolute Gasteiger partial charge is 0.193 e. The van der Waals surface area contributed by atoms with Gasteiger partial charge in [-0.3, -0.25) is 0 Å². The van der Waals surface area contributed by atoms with Crippen molar-refractivity contribution in [1.29, 1.82) is 5.26 Å². The van der Waals surface area contributed by atoms with E-state index in [0.717, 1.165) is 17.8 Å². The van der Waals surface area contributed by atoms with Gasteiger partial charge in [0.2, 0.25) is 0 Å². The number of allylic oxidation sites excluding steroid dienone is 6. The van der Waals surface area contributed by atoms with Crippen molar-refractivity contribution >= 4 is 0 Å². The molecule has 2 fully saturated rings. The standard InChI is InChI=1S/C22H33N/c1-2-6-19-8-12-21(13-9-19)16-17-22-14-10-20(11-15-22)7-4-3-5-18-23/h3-5,7,16-17,19-22H,2,6,8-15H2,1H3/b5-3?,7-4?,17-16+. The van der Waals surface area contributed by atoms with Gasteiger partial charge >= 0.3 is 0 Å². The first-order chi connectivity index (χ1) is 11.3. The van der Waals surface area contributed by atoms with E-state index in [9.17, 15) is 0 Å². The van der Waals surface area contributed by atoms with Gasteiger partial charge in [0.05, 0.1) is 6.07 Å². The summed E-state index contributed by atoms with van der Waals surface area (Å²) in [6, 6.07) is 2.03. The van der Waals surface area contributed by atoms with Gasteiger partial charge in [0, 0.05) is 6.08 Å². The number of rotatable bonds is 6. The molecule has 2 rings (SSSR count). The number of nitriles is 1. The molecule has 2 aliphatic rings. The van der Waals surface area contributed by atoms with Crippen LogP contribution in [-0.2, 0) is 0 Å². The van der Waals surface area contributed by atoms with E-state index >= 15 is 0 Å². The van der Waals surface area contributed by atoms with E-state index in [-0.39, 0.29) is 0 Å². The van der Waals surface area contributed by atoms with E-state index < -0.39 is 0 Å². The van der Waals surface area contributed by atoms with Crippen LogP contribution in [-0.4, -0.2) is 0 Å². The van der Waals surface area contributed by atoms with Gasteiger partial charge in [-0.05, 0) is 75.0 Å². The van der Waals surface area contributed by atoms with Crippen LogP contribution in [0.1, 0.15) is 71.1 Å². The van der Waals surface area contributed by atoms with Crippen LogP contribution in [0.5, 0.6) is 0 Å². The minimum Gasteiger partial charge on any atom is -0.193 e. The average molecular weight is 312 g/mol. The second-order valence-electron chi connectivity index (χ2n) is 7.50. The van der Waals surface area contributed by atoms with E-state index in [1.165, 1.54) is 64.2 Å². The first-order valence-corrected chi connectivity index (χ1v) is 9.73. The van der Waals surface area contributed by atoms with Crippen LogP contribution in [0.25, 0.3) is 0 Å². The summed E-state index contributed by atoms with van der Waals surface area (Å²) in [6.45, 7) is 2.32. The minimum atomic E-state index is 0.715. The van der Waals surface area contributed by atoms with E-state index in [1.54, 1.807) is 6.08 Å². The van der Waals surface area contributed by atoms with E-state index in [4.69, 9.17) is 5.26 Å². The van der Waals surface area contributed by atoms with Crippen molar-refractivity contribution in [3.63, 3.8) is 0 Å². The zero-order valence-corrected chi connectivity index (χ0v) is 14.8. The summed E-state index contributed by atoms with van der Waals surface area (Å²) >= 11 is 0. The molecule has 0 aromatic heterocycles. The number of hydrogen-bond acceptors (Lipinski definition) is 1. The topological polar surface area (TPSA) is 23.8 Å². The Balaban J connectivity index is 1.65. The molecule has 1 nitrogen and oxygen atoms in total. The lowest BCUT2D eigenvalue weighted by Gasteiger charge is -2.28. The highest BCUT2D eigenvalue weighted by molar-refractivity contribution is 5.12. The maximum absolute atomic E-state index is 8.47. The Morgan fingerprint density at radius 2 is 1.30 bits per heavy atom. The summed E-state index contributed by atoms with van der Waals surface area (Å²) in [7, 11) is 0. The van der Waals surface area contributed by atoms with Gasteiger partial charge in [-0.15, -0.1) is 0 Å². The van der Waals surface area contributed by atoms with Crippen LogP contribution >= 0.6 is 0 Å². The molecule has 0 aromatic carbocycles. The van der Waals surface area contributed by atoms with Crippen molar-refractivity contribution in [2.24, 2.45) is 23.7 Å². The van der Waals surface area contributed by atoms with Gasteiger partial charge in [0.25, 0.3) is 0 Å². The molecule has 0 radical (unpaired) electrons. The minimum absolute atomic E-state index is 0.715. The molecule has 0 aromatic rings. The second-order valence-corrected chi connectivity index (χ2v) is 7.50. The highest BCUT2D eigenvalue weighted by Gasteiger charge is 2.20. The molecular weight excluding hydrogens is 278 g/mol. The first-order valence-electron chi connectivity index (χ1n) is 9.73. The van der Waals surface area contributed by atoms with E-state index in [2.05, 4.69) is 25.2 Å². The van der Waals surface area contributed by atoms with Crippen LogP contribution in [0.15, 0.2) is 36.5 Å². The highest BCUT2D eigenvalue weighted by atomic mass is 14.3. The Hall–Kier alpha value is -1.29. The lowest BCUT2D eigenvalue weighted by Crippen LogP contribution is -2.14. The fourth-order valence-corrected chi connectivity index (χ4v) is 4.24. The van der Waals surface area contributed by atoms with Crippen molar-refractivity contribution < 1.29 is 0 Å². The molecular formula is C22H33N. The molecule has 0 amide bonds. The van der Waals surface area contributed by atoms with Crippen LogP contribution in [0, 0.1) is 35.0 Å². The van der Waals surface area contributed by atoms with Crippen molar-refractivity contribution in [1.82, 2.24) is 0 Å². The Kier molecular flexibility index (Phi) is 8.23. The third-order valence-corrected chi connectivity index (χ3v) is 5.73. The fourth-order valence-electron chi connectivity index (χ4n) is 4.24. The summed E-state index contributed by atoms with van der Waals surface area (Å²) < 4.78 is 0. The molecule has 0 heterocycles. The van der Waals surface area contributed by atoms with Crippen LogP contribution < -0.4 is 0 Å². The third-order valence-electron chi connectivity index (χ3n) is 5.73. The van der Waals surface area contributed by atoms with E-state index in [0.29, 0.717) is 5.92 Å². The second kappa shape index (κ2) is 10.5. The highest BCUT2D eigenvalue weighted by Crippen LogP contribution is 2.34. The summed E-state index contributed by atoms with van der Waals surface area (Å²) in [5, 5.41) is 8.47. The Bertz CT molecular complexity index is 435. The Morgan fingerprint density at radius 1 is 0.783 bits per heavy atom. The molecule has 2 aliphatic carbocycles. The molecule has 1 heteroatoms. The summed E-state index contributed by atoms with van der Waals surface area (Å²) in [5.74, 6) is 3.40. The van der Waals surface area contributed by atoms with Gasteiger partial charge in [0.1, 0.15) is 0 Å². The lowest BCUT2D eigenvalue weighted by atomic mass is 9.78. The smallest absolute Gasteiger partial charge is 0.0912 e. The zero-order valence-electron chi connectivity index (χ0n) is 14.8. The van der Waals surface area contributed by atoms with Crippen LogP contribution in [0.2, 0.25) is 0 Å². The summed E-state index contributed by atoms with van der Waals surface area (Å²) in [4.78, 5) is 0. The number of hydrogen-bond donors (Lipinski definition) is 0. The predicted octanol–water partition coefficient (Wildman–Crippen LogP) is 6.59. The number of nitrogens with zero attached hydrogens (tertiary/aromatic N) is 1. The SMILES string of the molecule is CCCC1CCC(/C=C/C2CCC(C=CC=CC#N)CC2)CC1. The maximum atomic E-state index is 8.47. The van der Waals surface area contributed by atoms with Gasteiger partial charge < -0.3 is 0 Å². The van der Waals surface area contributed by atoms with Gasteiger partial charge in [-0.1, -0.05) is 50.1 Å². The average Bonchev–Trinajstić information content (AvgIpc) is 2.59.